The number of unbranched alkanes of at least 4 members (excludes halogenated alkanes) is 1. The maximum atomic E-state index is 6.28. The van der Waals surface area contributed by atoms with Crippen LogP contribution in [0.1, 0.15) is 19.8 Å². The van der Waals surface area contributed by atoms with Crippen molar-refractivity contribution in [2.45, 2.75) is 25.1 Å². The van der Waals surface area contributed by atoms with Gasteiger partial charge in [0.1, 0.15) is 0 Å². The van der Waals surface area contributed by atoms with E-state index in [9.17, 15) is 0 Å². The SMILES string of the molecule is CCCC[Se]c1c(-c2ccccc2)[se]c2c1oc1ccccc12. The predicted molar refractivity (Wildman–Crippen MR) is 101 cm³/mol. The van der Waals surface area contributed by atoms with E-state index in [1.807, 2.05) is 0 Å². The molecule has 116 valence electrons. The fourth-order valence-electron chi connectivity index (χ4n) is 2.75. The van der Waals surface area contributed by atoms with Crippen LogP contribution in [0.4, 0.5) is 0 Å². The van der Waals surface area contributed by atoms with Crippen molar-refractivity contribution in [2.75, 3.05) is 0 Å². The molecule has 0 bridgehead atoms. The van der Waals surface area contributed by atoms with Crippen molar-refractivity contribution in [3.8, 4) is 10.0 Å². The van der Waals surface area contributed by atoms with Crippen molar-refractivity contribution in [2.24, 2.45) is 0 Å². The quantitative estimate of drug-likeness (QED) is 0.325. The van der Waals surface area contributed by atoms with Crippen molar-refractivity contribution >= 4 is 54.7 Å². The van der Waals surface area contributed by atoms with Gasteiger partial charge in [-0.25, -0.2) is 0 Å². The van der Waals surface area contributed by atoms with Crippen LogP contribution in [0.2, 0.25) is 5.32 Å². The molecule has 0 radical (unpaired) electrons. The molecule has 0 saturated carbocycles. The van der Waals surface area contributed by atoms with Crippen LogP contribution in [0.3, 0.4) is 0 Å². The zero-order valence-corrected chi connectivity index (χ0v) is 16.5. The topological polar surface area (TPSA) is 13.1 Å². The molecule has 0 aliphatic rings. The third-order valence-corrected chi connectivity index (χ3v) is 9.69. The number of fused-ring (bicyclic) bond motifs is 3. The molecule has 2 aromatic carbocycles. The van der Waals surface area contributed by atoms with Crippen LogP contribution in [0.25, 0.3) is 30.8 Å². The normalized spacial score (nSPS) is 11.5. The van der Waals surface area contributed by atoms with Crippen molar-refractivity contribution < 1.29 is 4.42 Å². The van der Waals surface area contributed by atoms with E-state index in [0.717, 1.165) is 5.58 Å². The summed E-state index contributed by atoms with van der Waals surface area (Å²) in [6, 6.07) is 19.4. The van der Waals surface area contributed by atoms with Crippen LogP contribution in [-0.4, -0.2) is 29.5 Å². The van der Waals surface area contributed by atoms with Gasteiger partial charge in [0.2, 0.25) is 0 Å². The first-order valence-corrected chi connectivity index (χ1v) is 11.8. The zero-order valence-electron chi connectivity index (χ0n) is 13.0. The van der Waals surface area contributed by atoms with Gasteiger partial charge in [-0.15, -0.1) is 0 Å². The Labute approximate surface area is 148 Å². The first-order valence-electron chi connectivity index (χ1n) is 8.00. The zero-order chi connectivity index (χ0) is 15.6. The first-order chi connectivity index (χ1) is 11.4. The molecule has 2 heterocycles. The molecule has 0 unspecified atom stereocenters. The summed E-state index contributed by atoms with van der Waals surface area (Å²) in [4.78, 5) is 0. The standard InChI is InChI=1S/C20H18OSe2/c1-2-3-13-22-20-17-19(15-11-7-8-12-16(15)21-17)23-18(20)14-9-5-4-6-10-14/h4-12H,2-3,13H2,1H3. The first kappa shape index (κ1) is 15.3. The molecule has 3 heteroatoms. The van der Waals surface area contributed by atoms with Crippen LogP contribution in [-0.2, 0) is 0 Å². The molecule has 23 heavy (non-hydrogen) atoms. The Balaban J connectivity index is 1.91. The second-order valence-corrected chi connectivity index (χ2v) is 10.0. The summed E-state index contributed by atoms with van der Waals surface area (Å²) in [5, 5.41) is 2.62. The van der Waals surface area contributed by atoms with Crippen LogP contribution < -0.4 is 4.46 Å². The second-order valence-electron chi connectivity index (χ2n) is 5.58. The van der Waals surface area contributed by atoms with Crippen molar-refractivity contribution in [3.63, 3.8) is 0 Å². The summed E-state index contributed by atoms with van der Waals surface area (Å²) in [6.45, 7) is 2.27. The molecular formula is C20H18OSe2. The molecule has 0 atom stereocenters. The summed E-state index contributed by atoms with van der Waals surface area (Å²) in [5.74, 6) is 0. The summed E-state index contributed by atoms with van der Waals surface area (Å²) < 4.78 is 10.8. The van der Waals surface area contributed by atoms with Gasteiger partial charge in [0.05, 0.1) is 0 Å². The van der Waals surface area contributed by atoms with Crippen LogP contribution in [0.5, 0.6) is 0 Å². The molecule has 0 N–H and O–H groups in total. The summed E-state index contributed by atoms with van der Waals surface area (Å²) in [7, 11) is 0. The van der Waals surface area contributed by atoms with E-state index in [1.54, 1.807) is 4.44 Å². The minimum absolute atomic E-state index is 0.354. The molecule has 0 aliphatic carbocycles. The molecule has 0 fully saturated rings. The van der Waals surface area contributed by atoms with E-state index >= 15 is 0 Å². The van der Waals surface area contributed by atoms with E-state index in [0.29, 0.717) is 29.5 Å². The van der Waals surface area contributed by atoms with E-state index in [-0.39, 0.29) is 0 Å². The Morgan fingerprint density at radius 3 is 2.61 bits per heavy atom. The van der Waals surface area contributed by atoms with Crippen molar-refractivity contribution in [1.29, 1.82) is 0 Å². The molecular weight excluding hydrogens is 414 g/mol. The summed E-state index contributed by atoms with van der Waals surface area (Å²) in [5.41, 5.74) is 3.63. The van der Waals surface area contributed by atoms with Crippen molar-refractivity contribution in [1.82, 2.24) is 0 Å². The van der Waals surface area contributed by atoms with E-state index < -0.39 is 0 Å². The number of hydrogen-bond acceptors (Lipinski definition) is 1. The molecule has 0 aliphatic heterocycles. The number of benzene rings is 2. The van der Waals surface area contributed by atoms with E-state index in [4.69, 9.17) is 4.42 Å². The number of para-hydroxylation sites is 1. The predicted octanol–water partition coefficient (Wildman–Crippen LogP) is 4.86. The number of hydrogen-bond donors (Lipinski definition) is 0. The van der Waals surface area contributed by atoms with Crippen LogP contribution in [0, 0.1) is 0 Å². The molecule has 4 aromatic rings. The monoisotopic (exact) mass is 434 g/mol. The van der Waals surface area contributed by atoms with Gasteiger partial charge in [0.15, 0.2) is 0 Å². The van der Waals surface area contributed by atoms with Crippen molar-refractivity contribution in [3.05, 3.63) is 54.6 Å². The number of rotatable bonds is 5. The maximum absolute atomic E-state index is 6.28. The van der Waals surface area contributed by atoms with Gasteiger partial charge in [0, 0.05) is 0 Å². The van der Waals surface area contributed by atoms with Gasteiger partial charge < -0.3 is 0 Å². The molecule has 0 saturated heterocycles. The van der Waals surface area contributed by atoms with E-state index in [1.165, 1.54) is 43.4 Å². The Hall–Kier alpha value is -1.24. The van der Waals surface area contributed by atoms with Gasteiger partial charge in [-0.05, 0) is 0 Å². The molecule has 1 nitrogen and oxygen atoms in total. The fourth-order valence-corrected chi connectivity index (χ4v) is 9.04. The van der Waals surface area contributed by atoms with Gasteiger partial charge in [0.25, 0.3) is 0 Å². The third-order valence-electron chi connectivity index (χ3n) is 3.95. The molecule has 0 spiro atoms. The fraction of sp³-hybridized carbons (Fsp3) is 0.200. The minimum atomic E-state index is 0.354. The number of furan rings is 1. The second kappa shape index (κ2) is 6.71. The molecule has 2 aromatic heterocycles. The average molecular weight is 432 g/mol. The Morgan fingerprint density at radius 1 is 1.00 bits per heavy atom. The van der Waals surface area contributed by atoms with Gasteiger partial charge >= 0.3 is 149 Å². The van der Waals surface area contributed by atoms with Gasteiger partial charge in [-0.2, -0.15) is 0 Å². The Kier molecular flexibility index (Phi) is 4.46. The Morgan fingerprint density at radius 2 is 1.78 bits per heavy atom. The summed E-state index contributed by atoms with van der Waals surface area (Å²) >= 11 is 0.856. The van der Waals surface area contributed by atoms with Crippen LogP contribution >= 0.6 is 0 Å². The van der Waals surface area contributed by atoms with Gasteiger partial charge in [-0.1, -0.05) is 0 Å². The third kappa shape index (κ3) is 2.84. The summed E-state index contributed by atoms with van der Waals surface area (Å²) in [6.07, 6.45) is 2.59. The average Bonchev–Trinajstić information content (AvgIpc) is 3.13. The molecule has 4 rings (SSSR count). The van der Waals surface area contributed by atoms with E-state index in [2.05, 4.69) is 61.5 Å². The van der Waals surface area contributed by atoms with Gasteiger partial charge in [-0.3, -0.25) is 0 Å². The van der Waals surface area contributed by atoms with Crippen LogP contribution in [0.15, 0.2) is 59.0 Å². The molecule has 0 amide bonds. The Bertz CT molecular complexity index is 934.